The molecule has 0 radical (unpaired) electrons. The van der Waals surface area contributed by atoms with Crippen molar-refractivity contribution in [2.24, 2.45) is 5.10 Å². The highest BCUT2D eigenvalue weighted by atomic mass is 35.5. The molecule has 0 aliphatic carbocycles. The van der Waals surface area contributed by atoms with Gasteiger partial charge in [-0.15, -0.1) is 0 Å². The number of amides is 1. The van der Waals surface area contributed by atoms with E-state index in [2.05, 4.69) is 10.5 Å². The largest absolute Gasteiger partial charge is 0.461 e. The first-order valence-electron chi connectivity index (χ1n) is 8.30. The van der Waals surface area contributed by atoms with Gasteiger partial charge in [0.25, 0.3) is 5.91 Å². The minimum absolute atomic E-state index is 0.124. The molecule has 0 aromatic heterocycles. The summed E-state index contributed by atoms with van der Waals surface area (Å²) in [6, 6.07) is 13.2. The Balaban J connectivity index is 2.16. The Bertz CT molecular complexity index is 876. The predicted molar refractivity (Wildman–Crippen MR) is 103 cm³/mol. The van der Waals surface area contributed by atoms with Gasteiger partial charge in [0.05, 0.1) is 13.0 Å². The third-order valence-corrected chi connectivity index (χ3v) is 3.83. The molecule has 1 N–H and O–H groups in total. The van der Waals surface area contributed by atoms with Crippen LogP contribution in [0.25, 0.3) is 0 Å². The third-order valence-electron chi connectivity index (χ3n) is 3.59. The van der Waals surface area contributed by atoms with Gasteiger partial charge in [0.15, 0.2) is 11.5 Å². The summed E-state index contributed by atoms with van der Waals surface area (Å²) < 4.78 is 4.92. The van der Waals surface area contributed by atoms with E-state index in [1.807, 2.05) is 6.92 Å². The number of Topliss-reactive ketones (excluding diaryl/α,β-unsaturated/α-hetero) is 1. The second-order valence-corrected chi connectivity index (χ2v) is 6.13. The molecule has 0 saturated heterocycles. The van der Waals surface area contributed by atoms with Gasteiger partial charge < -0.3 is 4.74 Å². The average molecular weight is 387 g/mol. The van der Waals surface area contributed by atoms with Crippen LogP contribution >= 0.6 is 11.6 Å². The van der Waals surface area contributed by atoms with E-state index in [4.69, 9.17) is 16.3 Å². The van der Waals surface area contributed by atoms with Crippen molar-refractivity contribution in [3.63, 3.8) is 0 Å². The number of carbonyl (C=O) groups excluding carboxylic acids is 3. The highest BCUT2D eigenvalue weighted by Gasteiger charge is 2.19. The lowest BCUT2D eigenvalue weighted by Gasteiger charge is -2.07. The summed E-state index contributed by atoms with van der Waals surface area (Å²) in [7, 11) is 0. The van der Waals surface area contributed by atoms with E-state index in [1.54, 1.807) is 49.4 Å². The lowest BCUT2D eigenvalue weighted by atomic mass is 10.0. The summed E-state index contributed by atoms with van der Waals surface area (Å²) in [6.07, 6.45) is -0.294. The van der Waals surface area contributed by atoms with Gasteiger partial charge in [-0.1, -0.05) is 47.5 Å². The van der Waals surface area contributed by atoms with E-state index in [1.165, 1.54) is 6.07 Å². The van der Waals surface area contributed by atoms with Crippen molar-refractivity contribution < 1.29 is 19.1 Å². The van der Waals surface area contributed by atoms with Crippen molar-refractivity contribution in [2.45, 2.75) is 20.3 Å². The highest BCUT2D eigenvalue weighted by molar-refractivity contribution is 6.40. The first-order valence-corrected chi connectivity index (χ1v) is 8.68. The first-order chi connectivity index (χ1) is 12.9. The number of nitrogens with one attached hydrogen (secondary N) is 1. The lowest BCUT2D eigenvalue weighted by molar-refractivity contribution is -0.135. The van der Waals surface area contributed by atoms with Crippen LogP contribution in [0.5, 0.6) is 0 Å². The quantitative estimate of drug-likeness (QED) is 0.341. The lowest BCUT2D eigenvalue weighted by Crippen LogP contribution is -2.27. The van der Waals surface area contributed by atoms with E-state index in [-0.39, 0.29) is 30.1 Å². The number of hydrazone groups is 1. The van der Waals surface area contributed by atoms with Crippen LogP contribution in [0.3, 0.4) is 0 Å². The van der Waals surface area contributed by atoms with Crippen LogP contribution in [0.2, 0.25) is 5.02 Å². The normalized spacial score (nSPS) is 11.0. The summed E-state index contributed by atoms with van der Waals surface area (Å²) in [5, 5.41) is 4.21. The molecule has 0 unspecified atom stereocenters. The third kappa shape index (κ3) is 6.04. The molecule has 0 spiro atoms. The molecule has 0 bridgehead atoms. The molecule has 0 aliphatic heterocycles. The van der Waals surface area contributed by atoms with Crippen molar-refractivity contribution in [3.05, 3.63) is 70.2 Å². The minimum atomic E-state index is -0.760. The smallest absolute Gasteiger partial charge is 0.354 e. The fourth-order valence-electron chi connectivity index (χ4n) is 2.18. The topological polar surface area (TPSA) is 84.8 Å². The number of rotatable bonds is 7. The predicted octanol–water partition coefficient (Wildman–Crippen LogP) is 3.57. The van der Waals surface area contributed by atoms with Gasteiger partial charge in [-0.25, -0.2) is 10.2 Å². The van der Waals surface area contributed by atoms with Crippen LogP contribution in [-0.2, 0) is 9.53 Å². The maximum atomic E-state index is 12.4. The Labute approximate surface area is 162 Å². The van der Waals surface area contributed by atoms with Gasteiger partial charge in [0, 0.05) is 16.1 Å². The van der Waals surface area contributed by atoms with Crippen LogP contribution in [0.15, 0.2) is 53.6 Å². The van der Waals surface area contributed by atoms with Crippen molar-refractivity contribution >= 4 is 35.0 Å². The first kappa shape index (κ1) is 20.3. The molecule has 0 fully saturated rings. The summed E-state index contributed by atoms with van der Waals surface area (Å²) in [4.78, 5) is 36.7. The van der Waals surface area contributed by atoms with Crippen molar-refractivity contribution in [3.8, 4) is 0 Å². The molecule has 1 amide bonds. The highest BCUT2D eigenvalue weighted by Crippen LogP contribution is 2.11. The molecular weight excluding hydrogens is 368 g/mol. The molecule has 27 heavy (non-hydrogen) atoms. The summed E-state index contributed by atoms with van der Waals surface area (Å²) in [6.45, 7) is 3.67. The zero-order chi connectivity index (χ0) is 19.8. The maximum absolute atomic E-state index is 12.4. The molecule has 0 atom stereocenters. The second-order valence-electron chi connectivity index (χ2n) is 5.70. The van der Waals surface area contributed by atoms with Gasteiger partial charge >= 0.3 is 5.97 Å². The Kier molecular flexibility index (Phi) is 7.25. The minimum Gasteiger partial charge on any atom is -0.461 e. The maximum Gasteiger partial charge on any atom is 0.354 e. The van der Waals surface area contributed by atoms with E-state index >= 15 is 0 Å². The van der Waals surface area contributed by atoms with Gasteiger partial charge in [-0.05, 0) is 32.0 Å². The molecule has 2 aromatic rings. The standard InChI is InChI=1S/C20H19ClN2O4/c1-3-27-20(26)17(12-18(24)14-9-7-13(2)8-10-14)22-23-19(25)15-5-4-6-16(21)11-15/h4-11H,3,12H2,1-2H3,(H,23,25)/b22-17-. The van der Waals surface area contributed by atoms with E-state index in [0.717, 1.165) is 5.56 Å². The zero-order valence-corrected chi connectivity index (χ0v) is 15.7. The Morgan fingerprint density at radius 2 is 1.78 bits per heavy atom. The van der Waals surface area contributed by atoms with Crippen LogP contribution in [0, 0.1) is 6.92 Å². The van der Waals surface area contributed by atoms with Crippen molar-refractivity contribution in [1.29, 1.82) is 0 Å². The number of carbonyl (C=O) groups is 3. The van der Waals surface area contributed by atoms with Gasteiger partial charge in [0.2, 0.25) is 0 Å². The molecule has 6 nitrogen and oxygen atoms in total. The second kappa shape index (κ2) is 9.64. The van der Waals surface area contributed by atoms with Crippen LogP contribution in [0.4, 0.5) is 0 Å². The molecule has 7 heteroatoms. The number of hydrogen-bond acceptors (Lipinski definition) is 5. The average Bonchev–Trinajstić information content (AvgIpc) is 2.65. The monoisotopic (exact) mass is 386 g/mol. The Morgan fingerprint density at radius 3 is 2.41 bits per heavy atom. The molecule has 2 aromatic carbocycles. The molecule has 140 valence electrons. The summed E-state index contributed by atoms with van der Waals surface area (Å²) in [5.74, 6) is -1.62. The van der Waals surface area contributed by atoms with Gasteiger partial charge in [0.1, 0.15) is 0 Å². The van der Waals surface area contributed by atoms with Crippen molar-refractivity contribution in [2.75, 3.05) is 6.61 Å². The SMILES string of the molecule is CCOC(=O)/C(CC(=O)c1ccc(C)cc1)=N\NC(=O)c1cccc(Cl)c1. The molecule has 0 saturated carbocycles. The Hall–Kier alpha value is -2.99. The van der Waals surface area contributed by atoms with Gasteiger partial charge in [-0.2, -0.15) is 5.10 Å². The number of hydrogen-bond donors (Lipinski definition) is 1. The number of esters is 1. The number of halogens is 1. The van der Waals surface area contributed by atoms with Crippen LogP contribution in [-0.4, -0.2) is 30.0 Å². The number of aryl methyl sites for hydroxylation is 1. The number of benzene rings is 2. The number of ketones is 1. The van der Waals surface area contributed by atoms with Crippen molar-refractivity contribution in [1.82, 2.24) is 5.43 Å². The summed E-state index contributed by atoms with van der Waals surface area (Å²) >= 11 is 5.86. The van der Waals surface area contributed by atoms with E-state index in [0.29, 0.717) is 10.6 Å². The fraction of sp³-hybridized carbons (Fsp3) is 0.200. The fourth-order valence-corrected chi connectivity index (χ4v) is 2.37. The molecule has 2 rings (SSSR count). The van der Waals surface area contributed by atoms with Crippen LogP contribution in [0.1, 0.15) is 39.6 Å². The molecular formula is C20H19ClN2O4. The molecule has 0 heterocycles. The van der Waals surface area contributed by atoms with E-state index < -0.39 is 11.9 Å². The van der Waals surface area contributed by atoms with E-state index in [9.17, 15) is 14.4 Å². The van der Waals surface area contributed by atoms with Gasteiger partial charge in [-0.3, -0.25) is 9.59 Å². The number of nitrogens with zero attached hydrogens (tertiary/aromatic N) is 1. The Morgan fingerprint density at radius 1 is 1.07 bits per heavy atom. The van der Waals surface area contributed by atoms with Crippen LogP contribution < -0.4 is 5.43 Å². The number of ether oxygens (including phenoxy) is 1. The summed E-state index contributed by atoms with van der Waals surface area (Å²) in [5.41, 5.74) is 3.82. The zero-order valence-electron chi connectivity index (χ0n) is 15.0. The molecule has 0 aliphatic rings.